The van der Waals surface area contributed by atoms with Crippen LogP contribution in [0.2, 0.25) is 0 Å². The van der Waals surface area contributed by atoms with Gasteiger partial charge in [-0.1, -0.05) is 23.9 Å². The molecule has 3 aromatic rings. The Balaban J connectivity index is 1.69. The topological polar surface area (TPSA) is 78.9 Å². The summed E-state index contributed by atoms with van der Waals surface area (Å²) in [6.45, 7) is 4.57. The minimum Gasteiger partial charge on any atom is -0.354 e. The molecule has 0 unspecified atom stereocenters. The molecule has 30 heavy (non-hydrogen) atoms. The molecule has 1 aromatic heterocycles. The van der Waals surface area contributed by atoms with Gasteiger partial charge in [-0.3, -0.25) is 4.79 Å². The summed E-state index contributed by atoms with van der Waals surface area (Å²) in [6, 6.07) is 15.2. The quantitative estimate of drug-likeness (QED) is 0.409. The van der Waals surface area contributed by atoms with E-state index in [9.17, 15) is 13.6 Å². The molecule has 0 aliphatic rings. The van der Waals surface area contributed by atoms with E-state index >= 15 is 0 Å². The number of amides is 1. The molecule has 0 radical (unpaired) electrons. The Morgan fingerprint density at radius 1 is 1.07 bits per heavy atom. The molecule has 0 spiro atoms. The van der Waals surface area contributed by atoms with Crippen molar-refractivity contribution in [2.75, 3.05) is 22.5 Å². The number of halogens is 2. The maximum absolute atomic E-state index is 12.7. The summed E-state index contributed by atoms with van der Waals surface area (Å²) >= 11 is 0.352. The van der Waals surface area contributed by atoms with Crippen LogP contribution in [0, 0.1) is 6.92 Å². The number of hydrogen-bond donors (Lipinski definition) is 3. The number of carbonyl (C=O) groups excluding carboxylic acids is 1. The third kappa shape index (κ3) is 5.90. The number of nitrogens with one attached hydrogen (secondary N) is 3. The van der Waals surface area contributed by atoms with Gasteiger partial charge in [0.1, 0.15) is 5.82 Å². The van der Waals surface area contributed by atoms with Gasteiger partial charge in [-0.2, -0.15) is 13.8 Å². The molecule has 0 bridgehead atoms. The van der Waals surface area contributed by atoms with Crippen molar-refractivity contribution in [1.29, 1.82) is 0 Å². The summed E-state index contributed by atoms with van der Waals surface area (Å²) < 4.78 is 25.4. The van der Waals surface area contributed by atoms with E-state index in [0.717, 1.165) is 17.9 Å². The molecule has 0 aliphatic carbocycles. The lowest BCUT2D eigenvalue weighted by molar-refractivity contribution is 0.102. The normalized spacial score (nSPS) is 10.7. The molecular formula is C21H21F2N5OS. The number of aryl methyl sites for hydroxylation is 1. The predicted molar refractivity (Wildman–Crippen MR) is 117 cm³/mol. The van der Waals surface area contributed by atoms with Crippen molar-refractivity contribution in [3.05, 3.63) is 65.9 Å². The third-order valence-electron chi connectivity index (χ3n) is 3.95. The van der Waals surface area contributed by atoms with Crippen LogP contribution in [-0.2, 0) is 0 Å². The first-order valence-corrected chi connectivity index (χ1v) is 10.1. The molecule has 9 heteroatoms. The lowest BCUT2D eigenvalue weighted by Gasteiger charge is -2.11. The van der Waals surface area contributed by atoms with Gasteiger partial charge in [-0.05, 0) is 50.2 Å². The maximum atomic E-state index is 12.7. The van der Waals surface area contributed by atoms with Crippen molar-refractivity contribution in [2.24, 2.45) is 0 Å². The van der Waals surface area contributed by atoms with Crippen LogP contribution >= 0.6 is 11.8 Å². The highest BCUT2D eigenvalue weighted by Gasteiger charge is 2.15. The number of benzene rings is 2. The highest BCUT2D eigenvalue weighted by molar-refractivity contribution is 7.99. The van der Waals surface area contributed by atoms with Gasteiger partial charge in [0.05, 0.1) is 5.56 Å². The second-order valence-electron chi connectivity index (χ2n) is 6.28. The molecule has 1 amide bonds. The number of hydrogen-bond acceptors (Lipinski definition) is 6. The minimum absolute atomic E-state index is 0.206. The number of nitrogens with zero attached hydrogens (tertiary/aromatic N) is 2. The summed E-state index contributed by atoms with van der Waals surface area (Å²) in [5.74, 6) is -1.85. The molecule has 2 aromatic carbocycles. The molecule has 0 atom stereocenters. The maximum Gasteiger partial charge on any atom is 0.288 e. The van der Waals surface area contributed by atoms with Crippen LogP contribution in [0.1, 0.15) is 23.0 Å². The van der Waals surface area contributed by atoms with Crippen LogP contribution in [0.4, 0.5) is 31.9 Å². The number of thioether (sulfide) groups is 1. The van der Waals surface area contributed by atoms with Crippen LogP contribution in [0.25, 0.3) is 0 Å². The number of carbonyl (C=O) groups is 1. The molecular weight excluding hydrogens is 408 g/mol. The Hall–Kier alpha value is -3.20. The van der Waals surface area contributed by atoms with E-state index in [-0.39, 0.29) is 10.5 Å². The first kappa shape index (κ1) is 21.5. The Kier molecular flexibility index (Phi) is 7.18. The SMILES string of the molecule is CCNc1nc(C)cc(Nc2ccc(NC(=O)c3ccccc3SC(F)F)cc2)n1. The van der Waals surface area contributed by atoms with E-state index in [0.29, 0.717) is 29.2 Å². The fourth-order valence-corrected chi connectivity index (χ4v) is 3.34. The average molecular weight is 429 g/mol. The van der Waals surface area contributed by atoms with Gasteiger partial charge in [0, 0.05) is 34.6 Å². The molecule has 0 fully saturated rings. The van der Waals surface area contributed by atoms with Crippen LogP contribution < -0.4 is 16.0 Å². The van der Waals surface area contributed by atoms with Crippen LogP contribution in [0.5, 0.6) is 0 Å². The standard InChI is InChI=1S/C21H21F2N5OS/c1-3-24-21-25-13(2)12-18(28-21)26-14-8-10-15(11-9-14)27-19(29)16-6-4-5-7-17(16)30-20(22)23/h4-12,20H,3H2,1-2H3,(H,27,29)(H2,24,25,26,28). The van der Waals surface area contributed by atoms with Gasteiger partial charge in [0.25, 0.3) is 11.7 Å². The zero-order valence-electron chi connectivity index (χ0n) is 16.4. The first-order valence-electron chi connectivity index (χ1n) is 9.26. The molecule has 0 aliphatic heterocycles. The highest BCUT2D eigenvalue weighted by atomic mass is 32.2. The number of rotatable bonds is 8. The van der Waals surface area contributed by atoms with Crippen molar-refractivity contribution in [2.45, 2.75) is 24.5 Å². The second-order valence-corrected chi connectivity index (χ2v) is 7.31. The van der Waals surface area contributed by atoms with E-state index in [1.807, 2.05) is 19.9 Å². The van der Waals surface area contributed by atoms with Crippen LogP contribution in [0.3, 0.4) is 0 Å². The number of aromatic nitrogens is 2. The van der Waals surface area contributed by atoms with Gasteiger partial charge < -0.3 is 16.0 Å². The van der Waals surface area contributed by atoms with Crippen LogP contribution in [0.15, 0.2) is 59.5 Å². The van der Waals surface area contributed by atoms with E-state index < -0.39 is 11.7 Å². The minimum atomic E-state index is -2.59. The van der Waals surface area contributed by atoms with Crippen molar-refractivity contribution in [1.82, 2.24) is 9.97 Å². The molecule has 1 heterocycles. The fourth-order valence-electron chi connectivity index (χ4n) is 2.71. The molecule has 3 rings (SSSR count). The lowest BCUT2D eigenvalue weighted by atomic mass is 10.2. The zero-order chi connectivity index (χ0) is 21.5. The fraction of sp³-hybridized carbons (Fsp3) is 0.190. The predicted octanol–water partition coefficient (Wildman–Crippen LogP) is 5.53. The number of alkyl halides is 2. The van der Waals surface area contributed by atoms with Gasteiger partial charge in [-0.25, -0.2) is 4.98 Å². The Morgan fingerprint density at radius 2 is 1.77 bits per heavy atom. The molecule has 3 N–H and O–H groups in total. The monoisotopic (exact) mass is 429 g/mol. The Bertz CT molecular complexity index is 1010. The summed E-state index contributed by atoms with van der Waals surface area (Å²) in [7, 11) is 0. The summed E-state index contributed by atoms with van der Waals surface area (Å²) in [5, 5.41) is 9.01. The van der Waals surface area contributed by atoms with E-state index in [1.54, 1.807) is 36.4 Å². The summed E-state index contributed by atoms with van der Waals surface area (Å²) in [6.07, 6.45) is 0. The van der Waals surface area contributed by atoms with E-state index in [1.165, 1.54) is 12.1 Å². The third-order valence-corrected chi connectivity index (χ3v) is 4.74. The molecule has 0 saturated heterocycles. The van der Waals surface area contributed by atoms with Gasteiger partial charge in [0.2, 0.25) is 5.95 Å². The van der Waals surface area contributed by atoms with E-state index in [4.69, 9.17) is 0 Å². The van der Waals surface area contributed by atoms with Crippen molar-refractivity contribution in [3.63, 3.8) is 0 Å². The molecule has 0 saturated carbocycles. The summed E-state index contributed by atoms with van der Waals surface area (Å²) in [5.41, 5.74) is 2.36. The van der Waals surface area contributed by atoms with Gasteiger partial charge >= 0.3 is 0 Å². The van der Waals surface area contributed by atoms with Gasteiger partial charge in [0.15, 0.2) is 0 Å². The lowest BCUT2D eigenvalue weighted by Crippen LogP contribution is -2.13. The average Bonchev–Trinajstić information content (AvgIpc) is 2.69. The Labute approximate surface area is 177 Å². The Morgan fingerprint density at radius 3 is 2.47 bits per heavy atom. The van der Waals surface area contributed by atoms with Gasteiger partial charge in [-0.15, -0.1) is 0 Å². The van der Waals surface area contributed by atoms with Crippen molar-refractivity contribution >= 4 is 40.8 Å². The second kappa shape index (κ2) is 10.0. The summed E-state index contributed by atoms with van der Waals surface area (Å²) in [4.78, 5) is 21.5. The molecule has 6 nitrogen and oxygen atoms in total. The first-order chi connectivity index (χ1) is 14.4. The van der Waals surface area contributed by atoms with E-state index in [2.05, 4.69) is 25.9 Å². The smallest absolute Gasteiger partial charge is 0.288 e. The van der Waals surface area contributed by atoms with Crippen LogP contribution in [-0.4, -0.2) is 28.2 Å². The van der Waals surface area contributed by atoms with Crippen molar-refractivity contribution in [3.8, 4) is 0 Å². The van der Waals surface area contributed by atoms with Crippen molar-refractivity contribution < 1.29 is 13.6 Å². The molecule has 156 valence electrons. The highest BCUT2D eigenvalue weighted by Crippen LogP contribution is 2.29. The zero-order valence-corrected chi connectivity index (χ0v) is 17.3. The number of anilines is 4. The largest absolute Gasteiger partial charge is 0.354 e.